The van der Waals surface area contributed by atoms with Crippen molar-refractivity contribution in [2.45, 2.75) is 19.4 Å². The molecular weight excluding hydrogens is 307 g/mol. The van der Waals surface area contributed by atoms with Gasteiger partial charge < -0.3 is 15.7 Å². The van der Waals surface area contributed by atoms with Crippen LogP contribution in [0.2, 0.25) is 0 Å². The van der Waals surface area contributed by atoms with Crippen molar-refractivity contribution >= 4 is 33.6 Å². The van der Waals surface area contributed by atoms with Crippen LogP contribution in [-0.2, 0) is 4.79 Å². The Labute approximate surface area is 112 Å². The van der Waals surface area contributed by atoms with Crippen LogP contribution in [-0.4, -0.2) is 23.1 Å². The Kier molecular flexibility index (Phi) is 5.08. The molecule has 0 fully saturated rings. The van der Waals surface area contributed by atoms with Gasteiger partial charge >= 0.3 is 12.0 Å². The Hall–Kier alpha value is -1.63. The molecule has 5 nitrogen and oxygen atoms in total. The second kappa shape index (κ2) is 6.34. The molecule has 1 atom stereocenters. The SMILES string of the molecule is CC(CC(=O)O)NC(=O)Nc1cc(F)ccc1Br. The number of halogens is 2. The lowest BCUT2D eigenvalue weighted by atomic mass is 10.2. The molecular formula is C11H12BrFN2O3. The zero-order valence-corrected chi connectivity index (χ0v) is 11.1. The molecule has 2 amide bonds. The third kappa shape index (κ3) is 4.70. The molecule has 0 radical (unpaired) electrons. The molecule has 0 saturated heterocycles. The highest BCUT2D eigenvalue weighted by Crippen LogP contribution is 2.22. The van der Waals surface area contributed by atoms with Crippen molar-refractivity contribution in [1.29, 1.82) is 0 Å². The summed E-state index contributed by atoms with van der Waals surface area (Å²) < 4.78 is 13.5. The van der Waals surface area contributed by atoms with E-state index in [0.29, 0.717) is 4.47 Å². The van der Waals surface area contributed by atoms with E-state index in [1.54, 1.807) is 6.92 Å². The van der Waals surface area contributed by atoms with Crippen molar-refractivity contribution < 1.29 is 19.1 Å². The minimum atomic E-state index is -1.00. The quantitative estimate of drug-likeness (QED) is 0.798. The average Bonchev–Trinajstić information content (AvgIpc) is 2.21. The van der Waals surface area contributed by atoms with Crippen molar-refractivity contribution in [1.82, 2.24) is 5.32 Å². The average molecular weight is 319 g/mol. The van der Waals surface area contributed by atoms with Crippen LogP contribution in [0.4, 0.5) is 14.9 Å². The summed E-state index contributed by atoms with van der Waals surface area (Å²) in [5, 5.41) is 13.4. The van der Waals surface area contributed by atoms with Crippen LogP contribution in [0.25, 0.3) is 0 Å². The number of carboxylic acids is 1. The molecule has 1 unspecified atom stereocenters. The topological polar surface area (TPSA) is 78.4 Å². The Bertz CT molecular complexity index is 468. The maximum Gasteiger partial charge on any atom is 0.319 e. The molecule has 0 aliphatic rings. The summed E-state index contributed by atoms with van der Waals surface area (Å²) in [6.07, 6.45) is -0.183. The first-order chi connectivity index (χ1) is 8.38. The normalized spacial score (nSPS) is 11.7. The predicted molar refractivity (Wildman–Crippen MR) is 68.0 cm³/mol. The molecule has 0 heterocycles. The van der Waals surface area contributed by atoms with Gasteiger partial charge in [0.2, 0.25) is 0 Å². The maximum atomic E-state index is 13.0. The van der Waals surface area contributed by atoms with Gasteiger partial charge in [0, 0.05) is 10.5 Å². The van der Waals surface area contributed by atoms with Crippen molar-refractivity contribution in [3.05, 3.63) is 28.5 Å². The fourth-order valence-electron chi connectivity index (χ4n) is 1.29. The number of carboxylic acid groups (broad SMARTS) is 1. The van der Waals surface area contributed by atoms with Gasteiger partial charge in [-0.2, -0.15) is 0 Å². The van der Waals surface area contributed by atoms with Crippen molar-refractivity contribution in [2.75, 3.05) is 5.32 Å². The predicted octanol–water partition coefficient (Wildman–Crippen LogP) is 2.57. The van der Waals surface area contributed by atoms with Gasteiger partial charge in [-0.3, -0.25) is 4.79 Å². The van der Waals surface area contributed by atoms with E-state index < -0.39 is 23.9 Å². The van der Waals surface area contributed by atoms with Gasteiger partial charge in [-0.1, -0.05) is 0 Å². The Morgan fingerprint density at radius 2 is 2.17 bits per heavy atom. The van der Waals surface area contributed by atoms with Crippen LogP contribution in [0.1, 0.15) is 13.3 Å². The lowest BCUT2D eigenvalue weighted by molar-refractivity contribution is -0.137. The van der Waals surface area contributed by atoms with Crippen LogP contribution in [0.15, 0.2) is 22.7 Å². The van der Waals surface area contributed by atoms with Crippen LogP contribution < -0.4 is 10.6 Å². The van der Waals surface area contributed by atoms with E-state index in [0.717, 1.165) is 6.07 Å². The second-order valence-corrected chi connectivity index (χ2v) is 4.58. The number of nitrogens with one attached hydrogen (secondary N) is 2. The maximum absolute atomic E-state index is 13.0. The van der Waals surface area contributed by atoms with E-state index in [9.17, 15) is 14.0 Å². The van der Waals surface area contributed by atoms with Gasteiger partial charge in [-0.15, -0.1) is 0 Å². The third-order valence-electron chi connectivity index (χ3n) is 2.03. The summed E-state index contributed by atoms with van der Waals surface area (Å²) in [5.41, 5.74) is 0.273. The second-order valence-electron chi connectivity index (χ2n) is 3.72. The Morgan fingerprint density at radius 3 is 2.78 bits per heavy atom. The number of urea groups is 1. The van der Waals surface area contributed by atoms with Gasteiger partial charge in [0.1, 0.15) is 5.82 Å². The molecule has 0 spiro atoms. The van der Waals surface area contributed by atoms with Crippen molar-refractivity contribution in [3.8, 4) is 0 Å². The minimum Gasteiger partial charge on any atom is -0.481 e. The van der Waals surface area contributed by atoms with E-state index in [4.69, 9.17) is 5.11 Å². The summed E-state index contributed by atoms with van der Waals surface area (Å²) in [6.45, 7) is 1.56. The number of carbonyl (C=O) groups excluding carboxylic acids is 1. The van der Waals surface area contributed by atoms with Gasteiger partial charge in [0.25, 0.3) is 0 Å². The van der Waals surface area contributed by atoms with Crippen LogP contribution in [0.3, 0.4) is 0 Å². The number of hydrogen-bond donors (Lipinski definition) is 3. The lowest BCUT2D eigenvalue weighted by Gasteiger charge is -2.13. The van der Waals surface area contributed by atoms with Crippen LogP contribution >= 0.6 is 15.9 Å². The molecule has 18 heavy (non-hydrogen) atoms. The standard InChI is InChI=1S/C11H12BrFN2O3/c1-6(4-10(16)17)14-11(18)15-9-5-7(13)2-3-8(9)12/h2-3,5-6H,4H2,1H3,(H,16,17)(H2,14,15,18). The molecule has 0 aromatic heterocycles. The molecule has 0 bridgehead atoms. The number of anilines is 1. The number of aliphatic carboxylic acids is 1. The highest BCUT2D eigenvalue weighted by molar-refractivity contribution is 9.10. The number of hydrogen-bond acceptors (Lipinski definition) is 2. The molecule has 0 aliphatic heterocycles. The molecule has 1 aromatic rings. The van der Waals surface area contributed by atoms with E-state index in [1.807, 2.05) is 0 Å². The van der Waals surface area contributed by atoms with E-state index >= 15 is 0 Å². The summed E-state index contributed by atoms with van der Waals surface area (Å²) in [4.78, 5) is 21.9. The number of benzene rings is 1. The Morgan fingerprint density at radius 1 is 1.50 bits per heavy atom. The molecule has 3 N–H and O–H groups in total. The zero-order chi connectivity index (χ0) is 13.7. The summed E-state index contributed by atoms with van der Waals surface area (Å²) in [6, 6.07) is 2.77. The van der Waals surface area contributed by atoms with E-state index in [1.165, 1.54) is 12.1 Å². The first-order valence-corrected chi connectivity index (χ1v) is 5.92. The first-order valence-electron chi connectivity index (χ1n) is 5.13. The summed E-state index contributed by atoms with van der Waals surface area (Å²) in [5.74, 6) is -1.48. The molecule has 98 valence electrons. The fourth-order valence-corrected chi connectivity index (χ4v) is 1.63. The third-order valence-corrected chi connectivity index (χ3v) is 2.73. The molecule has 1 rings (SSSR count). The summed E-state index contributed by atoms with van der Waals surface area (Å²) >= 11 is 3.16. The largest absolute Gasteiger partial charge is 0.481 e. The minimum absolute atomic E-state index is 0.183. The van der Waals surface area contributed by atoms with Crippen LogP contribution in [0.5, 0.6) is 0 Å². The van der Waals surface area contributed by atoms with E-state index in [2.05, 4.69) is 26.6 Å². The summed E-state index contributed by atoms with van der Waals surface area (Å²) in [7, 11) is 0. The Balaban J connectivity index is 2.59. The van der Waals surface area contributed by atoms with E-state index in [-0.39, 0.29) is 12.1 Å². The van der Waals surface area contributed by atoms with Gasteiger partial charge in [-0.25, -0.2) is 9.18 Å². The number of rotatable bonds is 4. The van der Waals surface area contributed by atoms with Crippen molar-refractivity contribution in [2.24, 2.45) is 0 Å². The number of amides is 2. The zero-order valence-electron chi connectivity index (χ0n) is 9.54. The van der Waals surface area contributed by atoms with Gasteiger partial charge in [0.15, 0.2) is 0 Å². The molecule has 0 saturated carbocycles. The lowest BCUT2D eigenvalue weighted by Crippen LogP contribution is -2.37. The fraction of sp³-hybridized carbons (Fsp3) is 0.273. The molecule has 0 aliphatic carbocycles. The first kappa shape index (κ1) is 14.4. The molecule has 7 heteroatoms. The van der Waals surface area contributed by atoms with Gasteiger partial charge in [0.05, 0.1) is 12.1 Å². The van der Waals surface area contributed by atoms with Gasteiger partial charge in [-0.05, 0) is 41.1 Å². The van der Waals surface area contributed by atoms with Crippen LogP contribution in [0, 0.1) is 5.82 Å². The highest BCUT2D eigenvalue weighted by atomic mass is 79.9. The smallest absolute Gasteiger partial charge is 0.319 e. The highest BCUT2D eigenvalue weighted by Gasteiger charge is 2.12. The molecule has 1 aromatic carbocycles. The monoisotopic (exact) mass is 318 g/mol. The van der Waals surface area contributed by atoms with Crippen molar-refractivity contribution in [3.63, 3.8) is 0 Å². The number of carbonyl (C=O) groups is 2.